The van der Waals surface area contributed by atoms with E-state index < -0.39 is 11.9 Å². The Hall–Kier alpha value is -6.22. The number of aliphatic imine (C=N–C) groups is 4. The molecule has 4 aromatic carbocycles. The van der Waals surface area contributed by atoms with Gasteiger partial charge in [0.05, 0.1) is 22.7 Å². The molecular weight excluding hydrogens is 785 g/mol. The lowest BCUT2D eigenvalue weighted by atomic mass is 9.81. The van der Waals surface area contributed by atoms with Crippen molar-refractivity contribution in [3.05, 3.63) is 124 Å². The summed E-state index contributed by atoms with van der Waals surface area (Å²) in [5, 5.41) is 0. The maximum Gasteiger partial charge on any atom is 0.310 e. The van der Waals surface area contributed by atoms with Gasteiger partial charge in [0, 0.05) is 69.5 Å². The van der Waals surface area contributed by atoms with Crippen LogP contribution in [-0.4, -0.2) is 46.4 Å². The smallest absolute Gasteiger partial charge is 0.310 e. The molecular formula is C54H64N4O5. The van der Waals surface area contributed by atoms with Crippen molar-refractivity contribution in [2.45, 2.75) is 132 Å². The van der Waals surface area contributed by atoms with Crippen LogP contribution >= 0.6 is 0 Å². The zero-order valence-electron chi connectivity index (χ0n) is 40.1. The highest BCUT2D eigenvalue weighted by Gasteiger charge is 2.35. The molecule has 4 aliphatic heterocycles. The Morgan fingerprint density at radius 2 is 0.778 bits per heavy atom. The van der Waals surface area contributed by atoms with Crippen molar-refractivity contribution in [2.24, 2.45) is 20.0 Å². The van der Waals surface area contributed by atoms with E-state index >= 15 is 0 Å². The normalized spacial score (nSPS) is 16.5. The molecule has 0 unspecified atom stereocenters. The van der Waals surface area contributed by atoms with E-state index in [-0.39, 0.29) is 33.2 Å². The monoisotopic (exact) mass is 848 g/mol. The van der Waals surface area contributed by atoms with Crippen molar-refractivity contribution >= 4 is 75.2 Å². The maximum atomic E-state index is 11.3. The maximum absolute atomic E-state index is 11.3. The Kier molecular flexibility index (Phi) is 14.9. The highest BCUT2D eigenvalue weighted by atomic mass is 16.6. The molecule has 0 amide bonds. The molecule has 0 N–H and O–H groups in total. The quantitative estimate of drug-likeness (QED) is 0.115. The molecule has 4 heterocycles. The summed E-state index contributed by atoms with van der Waals surface area (Å²) >= 11 is 0. The Morgan fingerprint density at radius 3 is 1.10 bits per heavy atom. The van der Waals surface area contributed by atoms with E-state index in [4.69, 9.17) is 0 Å². The number of carbonyl (C=O) groups is 4. The van der Waals surface area contributed by atoms with Crippen LogP contribution in [0.25, 0.3) is 6.08 Å². The Balaban J connectivity index is 0.000000176. The highest BCUT2D eigenvalue weighted by Crippen LogP contribution is 2.43. The minimum Gasteiger partial charge on any atom is -0.394 e. The van der Waals surface area contributed by atoms with Crippen LogP contribution in [0.2, 0.25) is 0 Å². The molecule has 0 saturated heterocycles. The largest absolute Gasteiger partial charge is 0.394 e. The summed E-state index contributed by atoms with van der Waals surface area (Å²) in [5.74, 6) is -0.906. The minimum absolute atomic E-state index is 0.0409. The number of nitrogens with zero attached hydrogens (tertiary/aromatic N) is 4. The van der Waals surface area contributed by atoms with Crippen molar-refractivity contribution in [3.8, 4) is 0 Å². The Labute approximate surface area is 374 Å². The van der Waals surface area contributed by atoms with Crippen LogP contribution in [0.15, 0.2) is 105 Å². The molecule has 0 fully saturated rings. The van der Waals surface area contributed by atoms with Crippen molar-refractivity contribution < 1.29 is 23.9 Å². The van der Waals surface area contributed by atoms with E-state index in [0.717, 1.165) is 56.4 Å². The molecule has 9 nitrogen and oxygen atoms in total. The molecule has 4 aliphatic rings. The van der Waals surface area contributed by atoms with Crippen molar-refractivity contribution in [1.82, 2.24) is 0 Å². The number of esters is 2. The first-order chi connectivity index (χ1) is 29.2. The second-order valence-electron chi connectivity index (χ2n) is 18.4. The second kappa shape index (κ2) is 19.0. The summed E-state index contributed by atoms with van der Waals surface area (Å²) in [6, 6.07) is 26.2. The third kappa shape index (κ3) is 10.9. The van der Waals surface area contributed by atoms with Gasteiger partial charge in [0.25, 0.3) is 0 Å². The number of benzene rings is 4. The number of hydrogen-bond donors (Lipinski definition) is 0. The van der Waals surface area contributed by atoms with E-state index in [9.17, 15) is 19.2 Å². The fourth-order valence-corrected chi connectivity index (χ4v) is 7.35. The molecule has 63 heavy (non-hydrogen) atoms. The molecule has 0 atom stereocenters. The van der Waals surface area contributed by atoms with Crippen LogP contribution in [-0.2, 0) is 36.0 Å². The van der Waals surface area contributed by atoms with Crippen molar-refractivity contribution in [2.75, 3.05) is 0 Å². The second-order valence-corrected chi connectivity index (χ2v) is 18.4. The predicted octanol–water partition coefficient (Wildman–Crippen LogP) is 13.4. The zero-order valence-corrected chi connectivity index (χ0v) is 40.1. The van der Waals surface area contributed by atoms with E-state index in [2.05, 4.69) is 137 Å². The first-order valence-corrected chi connectivity index (χ1v) is 21.3. The lowest BCUT2D eigenvalue weighted by Gasteiger charge is -2.20. The van der Waals surface area contributed by atoms with E-state index in [1.54, 1.807) is 13.8 Å². The molecule has 0 saturated carbocycles. The molecule has 330 valence electrons. The van der Waals surface area contributed by atoms with Crippen LogP contribution in [0.3, 0.4) is 0 Å². The van der Waals surface area contributed by atoms with Gasteiger partial charge in [-0.25, -0.2) is 0 Å². The highest BCUT2D eigenvalue weighted by molar-refractivity contribution is 6.03. The Morgan fingerprint density at radius 1 is 0.460 bits per heavy atom. The number of Topliss-reactive ketones (excluding diaryl/α,β-unsaturated/α-hetero) is 2. The number of hydrogen-bond acceptors (Lipinski definition) is 9. The average molecular weight is 849 g/mol. The third-order valence-corrected chi connectivity index (χ3v) is 12.7. The van der Waals surface area contributed by atoms with Gasteiger partial charge in [0.1, 0.15) is 0 Å². The van der Waals surface area contributed by atoms with Crippen LogP contribution in [0.4, 0.5) is 22.7 Å². The number of rotatable bonds is 3. The van der Waals surface area contributed by atoms with Crippen LogP contribution in [0.5, 0.6) is 0 Å². The van der Waals surface area contributed by atoms with E-state index in [1.807, 2.05) is 62.4 Å². The van der Waals surface area contributed by atoms with Crippen molar-refractivity contribution in [1.29, 1.82) is 0 Å². The summed E-state index contributed by atoms with van der Waals surface area (Å²) in [6.07, 6.45) is 1.88. The zero-order chi connectivity index (χ0) is 47.4. The number of carbonyl (C=O) groups excluding carboxylic acids is 4. The van der Waals surface area contributed by atoms with Gasteiger partial charge in [-0.2, -0.15) is 0 Å². The summed E-state index contributed by atoms with van der Waals surface area (Å²) in [5.41, 5.74) is 16.7. The van der Waals surface area contributed by atoms with Crippen LogP contribution in [0.1, 0.15) is 159 Å². The molecule has 9 heteroatoms. The first-order valence-electron chi connectivity index (χ1n) is 21.3. The molecule has 0 bridgehead atoms. The SMILES string of the molecule is C=Cc1ccc2c(c1)C(C)(C)C(C)=N2.CC(=O)OC(C)=O.CC(=O)c1ccc2c(c1)C(C)(C)C(C)=N2.CC(=O)c1ccc2c(c1)C(C)(C)C(C)=N2.CC1=Nc2ccccc2C1(C)C. The molecule has 4 aromatic rings. The fraction of sp³-hybridized carbons (Fsp3) is 0.370. The van der Waals surface area contributed by atoms with Gasteiger partial charge in [-0.15, -0.1) is 0 Å². The van der Waals surface area contributed by atoms with Gasteiger partial charge < -0.3 is 4.74 Å². The standard InChI is InChI=1S/2C13H15NO.C13H15N.C11H13N.C4H6O3/c2*1-8(15)10-5-6-12-11(7-10)13(3,4)9(2)14-12;1-5-10-6-7-12-11(8-10)13(3,4)9(2)14-12;1-8-11(2,3)9-6-4-5-7-10(9)12-8;1-3(5)7-4(2)6/h2*5-7H,1-4H3;5-8H,1H2,2-4H3;4-7H,1-3H3;1-2H3. The molecule has 8 rings (SSSR count). The first kappa shape index (κ1) is 49.4. The third-order valence-electron chi connectivity index (χ3n) is 12.7. The van der Waals surface area contributed by atoms with Gasteiger partial charge in [0.2, 0.25) is 0 Å². The van der Waals surface area contributed by atoms with Gasteiger partial charge in [0.15, 0.2) is 11.6 Å². The van der Waals surface area contributed by atoms with E-state index in [0.29, 0.717) is 0 Å². The lowest BCUT2D eigenvalue weighted by Crippen LogP contribution is -2.22. The van der Waals surface area contributed by atoms with Gasteiger partial charge >= 0.3 is 11.9 Å². The summed E-state index contributed by atoms with van der Waals surface area (Å²) in [4.78, 5) is 60.3. The number of para-hydroxylation sites is 1. The van der Waals surface area contributed by atoms with Crippen molar-refractivity contribution in [3.63, 3.8) is 0 Å². The van der Waals surface area contributed by atoms with Gasteiger partial charge in [-0.05, 0) is 124 Å². The molecule has 0 aliphatic carbocycles. The number of fused-ring (bicyclic) bond motifs is 4. The summed E-state index contributed by atoms with van der Waals surface area (Å²) in [6.45, 7) is 35.0. The minimum atomic E-state index is -0.562. The topological polar surface area (TPSA) is 127 Å². The van der Waals surface area contributed by atoms with Gasteiger partial charge in [-0.1, -0.05) is 92.3 Å². The predicted molar refractivity (Wildman–Crippen MR) is 261 cm³/mol. The number of ketones is 2. The lowest BCUT2D eigenvalue weighted by molar-refractivity contribution is -0.156. The van der Waals surface area contributed by atoms with Crippen LogP contribution < -0.4 is 0 Å². The van der Waals surface area contributed by atoms with Gasteiger partial charge in [-0.3, -0.25) is 39.1 Å². The molecule has 0 spiro atoms. The summed E-state index contributed by atoms with van der Waals surface area (Å²) in [7, 11) is 0. The molecule has 0 aromatic heterocycles. The fourth-order valence-electron chi connectivity index (χ4n) is 7.35. The molecule has 0 radical (unpaired) electrons. The van der Waals surface area contributed by atoms with Crippen LogP contribution in [0, 0.1) is 0 Å². The van der Waals surface area contributed by atoms with E-state index in [1.165, 1.54) is 42.0 Å². The Bertz CT molecular complexity index is 2510. The average Bonchev–Trinajstić information content (AvgIpc) is 3.77. The summed E-state index contributed by atoms with van der Waals surface area (Å²) < 4.78 is 3.97. The number of ether oxygens (including phenoxy) is 1.